The number of carbonyl (C=O) groups is 2. The van der Waals surface area contributed by atoms with Crippen molar-refractivity contribution in [3.8, 4) is 0 Å². The van der Waals surface area contributed by atoms with Gasteiger partial charge in [0.15, 0.2) is 0 Å². The van der Waals surface area contributed by atoms with Gasteiger partial charge in [0, 0.05) is 11.4 Å². The van der Waals surface area contributed by atoms with Crippen LogP contribution in [0.5, 0.6) is 0 Å². The van der Waals surface area contributed by atoms with Gasteiger partial charge < -0.3 is 5.32 Å². The van der Waals surface area contributed by atoms with Crippen molar-refractivity contribution < 1.29 is 9.59 Å². The van der Waals surface area contributed by atoms with Crippen LogP contribution in [0.2, 0.25) is 0 Å². The Labute approximate surface area is 132 Å². The summed E-state index contributed by atoms with van der Waals surface area (Å²) in [5, 5.41) is 6.47. The van der Waals surface area contributed by atoms with Crippen LogP contribution in [0.15, 0.2) is 29.4 Å². The number of carbonyl (C=O) groups excluding carboxylic acids is 2. The normalized spacial score (nSPS) is 11.4. The standard InChI is InChI=1S/C17H25N3O2/c1-5-6-7-13(4)19-20-17(22)16(21)18-15-10-8-14(9-11-15)12(2)3/h8-12H,5-7H2,1-4H3,(H,18,21)(H,20,22)/b19-13+. The van der Waals surface area contributed by atoms with Gasteiger partial charge in [0.1, 0.15) is 0 Å². The van der Waals surface area contributed by atoms with Crippen LogP contribution in [0.3, 0.4) is 0 Å². The first kappa shape index (κ1) is 17.9. The van der Waals surface area contributed by atoms with Gasteiger partial charge in [-0.2, -0.15) is 5.10 Å². The van der Waals surface area contributed by atoms with E-state index in [0.717, 1.165) is 25.0 Å². The summed E-state index contributed by atoms with van der Waals surface area (Å²) in [6.45, 7) is 8.11. The van der Waals surface area contributed by atoms with Crippen LogP contribution in [0.25, 0.3) is 0 Å². The molecule has 0 saturated heterocycles. The summed E-state index contributed by atoms with van der Waals surface area (Å²) in [5.41, 5.74) is 4.86. The van der Waals surface area contributed by atoms with Crippen LogP contribution in [-0.4, -0.2) is 17.5 Å². The zero-order chi connectivity index (χ0) is 16.5. The van der Waals surface area contributed by atoms with Crippen LogP contribution in [0.1, 0.15) is 58.4 Å². The number of unbranched alkanes of at least 4 members (excludes halogenated alkanes) is 1. The molecule has 0 aromatic heterocycles. The van der Waals surface area contributed by atoms with Gasteiger partial charge in [-0.1, -0.05) is 39.3 Å². The number of benzene rings is 1. The van der Waals surface area contributed by atoms with Crippen molar-refractivity contribution in [3.63, 3.8) is 0 Å². The van der Waals surface area contributed by atoms with Crippen LogP contribution >= 0.6 is 0 Å². The van der Waals surface area contributed by atoms with Gasteiger partial charge in [0.2, 0.25) is 0 Å². The summed E-state index contributed by atoms with van der Waals surface area (Å²) in [7, 11) is 0. The SMILES string of the molecule is CCCC/C(C)=N/NC(=O)C(=O)Nc1ccc(C(C)C)cc1. The third kappa shape index (κ3) is 6.08. The van der Waals surface area contributed by atoms with E-state index in [1.165, 1.54) is 5.56 Å². The summed E-state index contributed by atoms with van der Waals surface area (Å²) in [5.74, 6) is -1.05. The largest absolute Gasteiger partial charge is 0.329 e. The summed E-state index contributed by atoms with van der Waals surface area (Å²) in [4.78, 5) is 23.4. The molecule has 0 atom stereocenters. The van der Waals surface area contributed by atoms with E-state index < -0.39 is 11.8 Å². The lowest BCUT2D eigenvalue weighted by molar-refractivity contribution is -0.136. The van der Waals surface area contributed by atoms with E-state index >= 15 is 0 Å². The van der Waals surface area contributed by atoms with Crippen molar-refractivity contribution in [3.05, 3.63) is 29.8 Å². The summed E-state index contributed by atoms with van der Waals surface area (Å²) in [6, 6.07) is 7.45. The highest BCUT2D eigenvalue weighted by Gasteiger charge is 2.13. The first-order valence-corrected chi connectivity index (χ1v) is 7.68. The first-order valence-electron chi connectivity index (χ1n) is 7.68. The summed E-state index contributed by atoms with van der Waals surface area (Å²) < 4.78 is 0. The van der Waals surface area contributed by atoms with Crippen LogP contribution < -0.4 is 10.7 Å². The van der Waals surface area contributed by atoms with Crippen LogP contribution in [0, 0.1) is 0 Å². The number of rotatable bonds is 6. The number of amides is 2. The minimum Gasteiger partial charge on any atom is -0.318 e. The van der Waals surface area contributed by atoms with Crippen molar-refractivity contribution in [1.29, 1.82) is 0 Å². The minimum atomic E-state index is -0.760. The molecular weight excluding hydrogens is 278 g/mol. The maximum atomic E-state index is 11.8. The van der Waals surface area contributed by atoms with Gasteiger partial charge in [-0.15, -0.1) is 0 Å². The molecule has 0 saturated carbocycles. The smallest absolute Gasteiger partial charge is 0.318 e. The van der Waals surface area contributed by atoms with Gasteiger partial charge in [0.05, 0.1) is 0 Å². The van der Waals surface area contributed by atoms with Crippen molar-refractivity contribution in [2.45, 2.75) is 52.9 Å². The van der Waals surface area contributed by atoms with E-state index in [2.05, 4.69) is 36.6 Å². The molecule has 5 nitrogen and oxygen atoms in total. The van der Waals surface area contributed by atoms with Crippen LogP contribution in [0.4, 0.5) is 5.69 Å². The van der Waals surface area contributed by atoms with Crippen molar-refractivity contribution >= 4 is 23.2 Å². The lowest BCUT2D eigenvalue weighted by atomic mass is 10.0. The van der Waals surface area contributed by atoms with Gasteiger partial charge >= 0.3 is 11.8 Å². The molecule has 1 aromatic rings. The number of nitrogens with zero attached hydrogens (tertiary/aromatic N) is 1. The maximum Gasteiger partial charge on any atom is 0.329 e. The lowest BCUT2D eigenvalue weighted by Gasteiger charge is -2.08. The molecule has 2 amide bonds. The van der Waals surface area contributed by atoms with E-state index in [4.69, 9.17) is 0 Å². The molecule has 22 heavy (non-hydrogen) atoms. The highest BCUT2D eigenvalue weighted by molar-refractivity contribution is 6.39. The first-order chi connectivity index (χ1) is 10.4. The maximum absolute atomic E-state index is 11.8. The molecule has 120 valence electrons. The average molecular weight is 303 g/mol. The molecule has 2 N–H and O–H groups in total. The highest BCUT2D eigenvalue weighted by Crippen LogP contribution is 2.16. The number of hydrogen-bond donors (Lipinski definition) is 2. The molecule has 1 rings (SSSR count). The van der Waals surface area contributed by atoms with Crippen molar-refractivity contribution in [2.24, 2.45) is 5.10 Å². The molecule has 0 aliphatic carbocycles. The van der Waals surface area contributed by atoms with Gasteiger partial charge in [-0.3, -0.25) is 9.59 Å². The zero-order valence-corrected chi connectivity index (χ0v) is 13.8. The number of anilines is 1. The number of hydrogen-bond acceptors (Lipinski definition) is 3. The molecule has 0 spiro atoms. The third-order valence-electron chi connectivity index (χ3n) is 3.28. The fraction of sp³-hybridized carbons (Fsp3) is 0.471. The Bertz CT molecular complexity index is 533. The zero-order valence-electron chi connectivity index (χ0n) is 13.8. The predicted molar refractivity (Wildman–Crippen MR) is 89.9 cm³/mol. The Kier molecular flexibility index (Phi) is 7.29. The van der Waals surface area contributed by atoms with Crippen molar-refractivity contribution in [2.75, 3.05) is 5.32 Å². The topological polar surface area (TPSA) is 70.6 Å². The minimum absolute atomic E-state index is 0.425. The second-order valence-electron chi connectivity index (χ2n) is 5.62. The molecule has 1 aromatic carbocycles. The molecule has 0 heterocycles. The van der Waals surface area contributed by atoms with Crippen LogP contribution in [-0.2, 0) is 9.59 Å². The van der Waals surface area contributed by atoms with Crippen molar-refractivity contribution in [1.82, 2.24) is 5.43 Å². The molecule has 0 aliphatic rings. The number of nitrogens with one attached hydrogen (secondary N) is 2. The Hall–Kier alpha value is -2.17. The van der Waals surface area contributed by atoms with E-state index in [-0.39, 0.29) is 0 Å². The average Bonchev–Trinajstić information content (AvgIpc) is 2.50. The summed E-state index contributed by atoms with van der Waals surface area (Å²) >= 11 is 0. The molecule has 5 heteroatoms. The third-order valence-corrected chi connectivity index (χ3v) is 3.28. The van der Waals surface area contributed by atoms with E-state index in [0.29, 0.717) is 11.6 Å². The second-order valence-corrected chi connectivity index (χ2v) is 5.62. The molecule has 0 fully saturated rings. The van der Waals surface area contributed by atoms with E-state index in [1.54, 1.807) is 12.1 Å². The Balaban J connectivity index is 2.52. The Morgan fingerprint density at radius 1 is 1.14 bits per heavy atom. The molecule has 0 unspecified atom stereocenters. The van der Waals surface area contributed by atoms with Gasteiger partial charge in [-0.05, 0) is 43.4 Å². The van der Waals surface area contributed by atoms with Gasteiger partial charge in [-0.25, -0.2) is 5.43 Å². The molecule has 0 radical (unpaired) electrons. The fourth-order valence-corrected chi connectivity index (χ4v) is 1.82. The van der Waals surface area contributed by atoms with E-state index in [1.807, 2.05) is 19.1 Å². The fourth-order valence-electron chi connectivity index (χ4n) is 1.82. The predicted octanol–water partition coefficient (Wildman–Crippen LogP) is 3.43. The molecular formula is C17H25N3O2. The monoisotopic (exact) mass is 303 g/mol. The molecule has 0 bridgehead atoms. The summed E-state index contributed by atoms with van der Waals surface area (Å²) in [6.07, 6.45) is 2.89. The second kappa shape index (κ2) is 8.97. The Morgan fingerprint density at radius 3 is 2.32 bits per heavy atom. The van der Waals surface area contributed by atoms with E-state index in [9.17, 15) is 9.59 Å². The molecule has 0 aliphatic heterocycles. The lowest BCUT2D eigenvalue weighted by Crippen LogP contribution is -2.32. The van der Waals surface area contributed by atoms with Gasteiger partial charge in [0.25, 0.3) is 0 Å². The number of hydrazone groups is 1. The highest BCUT2D eigenvalue weighted by atomic mass is 16.2. The quantitative estimate of drug-likeness (QED) is 0.480. The Morgan fingerprint density at radius 2 is 1.77 bits per heavy atom.